The van der Waals surface area contributed by atoms with Gasteiger partial charge in [0.15, 0.2) is 11.4 Å². The molecule has 12 rings (SSSR count). The molecule has 0 atom stereocenters. The Hall–Kier alpha value is -7.98. The van der Waals surface area contributed by atoms with Gasteiger partial charge in [-0.15, -0.1) is 0 Å². The minimum absolute atomic E-state index is 0.591. The van der Waals surface area contributed by atoms with E-state index in [1.54, 1.807) is 0 Å². The van der Waals surface area contributed by atoms with Crippen molar-refractivity contribution in [3.63, 3.8) is 0 Å². The lowest BCUT2D eigenvalue weighted by Gasteiger charge is -2.09. The lowest BCUT2D eigenvalue weighted by molar-refractivity contribution is 0.666. The first-order valence-corrected chi connectivity index (χ1v) is 19.4. The molecule has 0 saturated carbocycles. The van der Waals surface area contributed by atoms with Crippen molar-refractivity contribution >= 4 is 82.9 Å². The van der Waals surface area contributed by atoms with Gasteiger partial charge < -0.3 is 13.4 Å². The van der Waals surface area contributed by atoms with Gasteiger partial charge in [0.25, 0.3) is 0 Å². The van der Waals surface area contributed by atoms with Crippen LogP contribution in [0.5, 0.6) is 0 Å². The Bertz CT molecular complexity index is 3590. The first kappa shape index (κ1) is 32.3. The highest BCUT2D eigenvalue weighted by Crippen LogP contribution is 2.40. The molecule has 0 bridgehead atoms. The average Bonchev–Trinajstić information content (AvgIpc) is 3.90. The second-order valence-corrected chi connectivity index (χ2v) is 14.6. The Labute approximate surface area is 332 Å². The van der Waals surface area contributed by atoms with Crippen LogP contribution in [0.25, 0.3) is 88.2 Å². The van der Waals surface area contributed by atoms with Crippen LogP contribution in [0.3, 0.4) is 0 Å². The minimum Gasteiger partial charge on any atom is -0.455 e. The summed E-state index contributed by atoms with van der Waals surface area (Å²) in [6.45, 7) is 0. The third kappa shape index (κ3) is 5.05. The van der Waals surface area contributed by atoms with E-state index in [2.05, 4.69) is 132 Å². The van der Waals surface area contributed by atoms with Gasteiger partial charge in [-0.2, -0.15) is 0 Å². The molecule has 1 aliphatic rings. The summed E-state index contributed by atoms with van der Waals surface area (Å²) in [5.74, 6) is 0.591. The lowest BCUT2D eigenvalue weighted by Crippen LogP contribution is -2.03. The van der Waals surface area contributed by atoms with E-state index in [0.29, 0.717) is 11.5 Å². The molecule has 270 valence electrons. The van der Waals surface area contributed by atoms with E-state index >= 15 is 0 Å². The summed E-state index contributed by atoms with van der Waals surface area (Å²) in [4.78, 5) is 10.3. The molecule has 11 aromatic rings. The van der Waals surface area contributed by atoms with Crippen molar-refractivity contribution in [3.8, 4) is 16.8 Å². The summed E-state index contributed by atoms with van der Waals surface area (Å²) >= 11 is 0. The second-order valence-electron chi connectivity index (χ2n) is 14.6. The number of furan rings is 2. The van der Waals surface area contributed by atoms with Crippen molar-refractivity contribution in [2.24, 2.45) is 9.98 Å². The highest BCUT2D eigenvalue weighted by molar-refractivity contribution is 6.21. The van der Waals surface area contributed by atoms with E-state index in [9.17, 15) is 0 Å². The van der Waals surface area contributed by atoms with Crippen LogP contribution in [-0.4, -0.2) is 16.1 Å². The number of allylic oxidation sites excluding steroid dienone is 1. The molecule has 0 amide bonds. The molecule has 4 heterocycles. The van der Waals surface area contributed by atoms with Crippen LogP contribution in [0.15, 0.2) is 213 Å². The number of rotatable bonds is 5. The van der Waals surface area contributed by atoms with Crippen LogP contribution in [0.2, 0.25) is 0 Å². The predicted molar refractivity (Wildman–Crippen MR) is 238 cm³/mol. The number of fused-ring (bicyclic) bond motifs is 9. The van der Waals surface area contributed by atoms with Gasteiger partial charge in [0.05, 0.1) is 28.0 Å². The molecule has 1 aliphatic heterocycles. The molecular weight excluding hydrogens is 711 g/mol. The Morgan fingerprint density at radius 2 is 1.07 bits per heavy atom. The summed E-state index contributed by atoms with van der Waals surface area (Å²) in [7, 11) is 0. The molecule has 0 saturated heterocycles. The Balaban J connectivity index is 1.01. The van der Waals surface area contributed by atoms with Crippen LogP contribution in [0.1, 0.15) is 16.7 Å². The first-order valence-electron chi connectivity index (χ1n) is 19.4. The molecular formula is C53H31N3O2. The quantitative estimate of drug-likeness (QED) is 0.165. The van der Waals surface area contributed by atoms with Gasteiger partial charge in [-0.1, -0.05) is 139 Å². The molecule has 0 fully saturated rings. The predicted octanol–water partition coefficient (Wildman–Crippen LogP) is 13.7. The number of nitrogens with zero attached hydrogens (tertiary/aromatic N) is 3. The van der Waals surface area contributed by atoms with E-state index in [1.807, 2.05) is 66.7 Å². The van der Waals surface area contributed by atoms with Crippen LogP contribution in [-0.2, 0) is 0 Å². The van der Waals surface area contributed by atoms with E-state index in [-0.39, 0.29) is 0 Å². The summed E-state index contributed by atoms with van der Waals surface area (Å²) in [5, 5.41) is 6.60. The molecule has 0 spiro atoms. The van der Waals surface area contributed by atoms with Crippen LogP contribution >= 0.6 is 0 Å². The molecule has 0 unspecified atom stereocenters. The zero-order chi connectivity index (χ0) is 38.2. The third-order valence-corrected chi connectivity index (χ3v) is 11.3. The molecule has 0 radical (unpaired) electrons. The number of amidine groups is 1. The van der Waals surface area contributed by atoms with Gasteiger partial charge in [-0.3, -0.25) is 0 Å². The van der Waals surface area contributed by atoms with Crippen molar-refractivity contribution < 1.29 is 8.83 Å². The topological polar surface area (TPSA) is 55.9 Å². The Morgan fingerprint density at radius 1 is 0.414 bits per heavy atom. The van der Waals surface area contributed by atoms with Gasteiger partial charge in [0.1, 0.15) is 22.4 Å². The van der Waals surface area contributed by atoms with Crippen LogP contribution < -0.4 is 0 Å². The largest absolute Gasteiger partial charge is 0.455 e. The maximum Gasteiger partial charge on any atom is 0.161 e. The fourth-order valence-corrected chi connectivity index (χ4v) is 8.54. The average molecular weight is 742 g/mol. The molecule has 3 aromatic heterocycles. The number of aromatic nitrogens is 1. The van der Waals surface area contributed by atoms with Gasteiger partial charge >= 0.3 is 0 Å². The first-order chi connectivity index (χ1) is 28.7. The van der Waals surface area contributed by atoms with Gasteiger partial charge in [-0.25, -0.2) is 9.98 Å². The number of benzene rings is 8. The summed E-state index contributed by atoms with van der Waals surface area (Å²) in [6.07, 6.45) is 1.92. The number of aliphatic imine (C=N–C) groups is 2. The monoisotopic (exact) mass is 741 g/mol. The summed E-state index contributed by atoms with van der Waals surface area (Å²) in [6, 6.07) is 63.0. The zero-order valence-corrected chi connectivity index (χ0v) is 31.1. The van der Waals surface area contributed by atoms with Crippen LogP contribution in [0, 0.1) is 0 Å². The molecule has 0 N–H and O–H groups in total. The Kier molecular flexibility index (Phi) is 7.12. The minimum atomic E-state index is 0.591. The van der Waals surface area contributed by atoms with Crippen molar-refractivity contribution in [1.82, 2.24) is 4.57 Å². The van der Waals surface area contributed by atoms with Crippen molar-refractivity contribution in [3.05, 3.63) is 210 Å². The maximum absolute atomic E-state index is 6.88. The molecule has 5 heteroatoms. The SMILES string of the molecule is C1=CC(c2ccc3c(c2)oc2c(-n4c5ccccc5c5cc(-c6ccccc6)ccc54)cccc23)=NC(c2ccccc2)=NC=1c1cccc2c1oc1ccccc12. The van der Waals surface area contributed by atoms with Crippen molar-refractivity contribution in [2.75, 3.05) is 0 Å². The zero-order valence-electron chi connectivity index (χ0n) is 31.1. The van der Waals surface area contributed by atoms with Crippen LogP contribution in [0.4, 0.5) is 0 Å². The van der Waals surface area contributed by atoms with Crippen molar-refractivity contribution in [1.29, 1.82) is 0 Å². The van der Waals surface area contributed by atoms with E-state index < -0.39 is 0 Å². The number of hydrogen-bond donors (Lipinski definition) is 0. The summed E-state index contributed by atoms with van der Waals surface area (Å²) in [5.41, 5.74) is 16.4. The molecule has 0 aliphatic carbocycles. The summed E-state index contributed by atoms with van der Waals surface area (Å²) < 4.78 is 15.6. The van der Waals surface area contributed by atoms with Gasteiger partial charge in [0.2, 0.25) is 0 Å². The fourth-order valence-electron chi connectivity index (χ4n) is 8.54. The third-order valence-electron chi connectivity index (χ3n) is 11.3. The lowest BCUT2D eigenvalue weighted by atomic mass is 10.0. The van der Waals surface area contributed by atoms with Gasteiger partial charge in [0, 0.05) is 49.5 Å². The molecule has 8 aromatic carbocycles. The molecule has 58 heavy (non-hydrogen) atoms. The smallest absolute Gasteiger partial charge is 0.161 e. The maximum atomic E-state index is 6.88. The van der Waals surface area contributed by atoms with Gasteiger partial charge in [-0.05, 0) is 59.7 Å². The number of para-hydroxylation sites is 4. The van der Waals surface area contributed by atoms with Crippen molar-refractivity contribution in [2.45, 2.75) is 0 Å². The highest BCUT2D eigenvalue weighted by atomic mass is 16.3. The normalized spacial score (nSPS) is 13.1. The standard InChI is InChI=1S/C53H31N3O2/c1-3-13-33(14-4-1)35-26-30-47-43(31-35)37-17-7-9-22-46(37)56(47)48-23-12-20-41-39-27-25-36(32-50(39)58-52(41)48)44-28-29-45(55-53(54-44)34-15-5-2-6-16-34)42-21-11-19-40-38-18-8-10-24-49(38)57-51(40)42/h1-28,30-32H. The van der Waals surface area contributed by atoms with E-state index in [0.717, 1.165) is 83.0 Å². The van der Waals surface area contributed by atoms with E-state index in [4.69, 9.17) is 18.8 Å². The highest BCUT2D eigenvalue weighted by Gasteiger charge is 2.20. The number of hydrogen-bond acceptors (Lipinski definition) is 4. The van der Waals surface area contributed by atoms with E-state index in [1.165, 1.54) is 21.9 Å². The molecule has 5 nitrogen and oxygen atoms in total. The second kappa shape index (κ2) is 12.8. The fraction of sp³-hybridized carbons (Fsp3) is 0. The Morgan fingerprint density at radius 3 is 1.93 bits per heavy atom.